The standard InChI is InChI=1S/C24H22F3N3O.OS/c1-15-6-7-18(23(31)11-17-4-3-5-20(10-17)24(25,26)27)12-22(15)30-9-8-21-19(14-30)13-28-16(2)29-21;1-2/h3-7,10,12-13H,8-9,11,14H2,1-2H3;. The Hall–Kier alpha value is -3.20. The van der Waals surface area contributed by atoms with Crippen LogP contribution in [0, 0.1) is 13.8 Å². The van der Waals surface area contributed by atoms with Crippen molar-refractivity contribution < 1.29 is 22.2 Å². The molecule has 1 aromatic heterocycles. The average molecular weight is 474 g/mol. The molecule has 3 aromatic rings. The number of Topliss-reactive ketones (excluding diaryl/α,β-unsaturated/α-hetero) is 1. The zero-order chi connectivity index (χ0) is 24.2. The largest absolute Gasteiger partial charge is 0.416 e. The van der Waals surface area contributed by atoms with E-state index in [1.807, 2.05) is 32.2 Å². The van der Waals surface area contributed by atoms with Crippen LogP contribution < -0.4 is 4.90 Å². The molecule has 0 radical (unpaired) electrons. The molecule has 2 heterocycles. The number of nitrogens with zero attached hydrogens (tertiary/aromatic N) is 3. The summed E-state index contributed by atoms with van der Waals surface area (Å²) in [5.74, 6) is 0.544. The van der Waals surface area contributed by atoms with Crippen LogP contribution in [0.4, 0.5) is 18.9 Å². The van der Waals surface area contributed by atoms with Crippen molar-refractivity contribution in [2.45, 2.75) is 39.4 Å². The first kappa shape index (κ1) is 24.4. The van der Waals surface area contributed by atoms with Crippen molar-refractivity contribution in [3.05, 3.63) is 88.0 Å². The zero-order valence-electron chi connectivity index (χ0n) is 18.1. The Morgan fingerprint density at radius 2 is 1.88 bits per heavy atom. The van der Waals surface area contributed by atoms with Gasteiger partial charge in [0.25, 0.3) is 0 Å². The Labute approximate surface area is 195 Å². The summed E-state index contributed by atoms with van der Waals surface area (Å²) in [5, 5.41) is 0. The number of rotatable bonds is 4. The van der Waals surface area contributed by atoms with E-state index in [0.717, 1.165) is 53.4 Å². The molecular formula is C24H22F3N3O2S. The van der Waals surface area contributed by atoms with Crippen LogP contribution in [-0.2, 0) is 38.1 Å². The minimum Gasteiger partial charge on any atom is -0.366 e. The average Bonchev–Trinajstić information content (AvgIpc) is 2.80. The van der Waals surface area contributed by atoms with Gasteiger partial charge in [0.1, 0.15) is 5.82 Å². The molecular weight excluding hydrogens is 451 g/mol. The van der Waals surface area contributed by atoms with E-state index in [1.165, 1.54) is 6.07 Å². The highest BCUT2D eigenvalue weighted by Gasteiger charge is 2.30. The smallest absolute Gasteiger partial charge is 0.366 e. The Morgan fingerprint density at radius 1 is 1.12 bits per heavy atom. The minimum atomic E-state index is -4.43. The van der Waals surface area contributed by atoms with Crippen molar-refractivity contribution in [1.82, 2.24) is 9.97 Å². The molecule has 0 spiro atoms. The number of aryl methyl sites for hydroxylation is 2. The monoisotopic (exact) mass is 473 g/mol. The second-order valence-electron chi connectivity index (χ2n) is 7.86. The Kier molecular flexibility index (Phi) is 7.53. The Balaban J connectivity index is 0.00000149. The number of hydrogen-bond donors (Lipinski definition) is 0. The van der Waals surface area contributed by atoms with Gasteiger partial charge < -0.3 is 4.90 Å². The maximum atomic E-state index is 13.0. The third-order valence-electron chi connectivity index (χ3n) is 5.55. The summed E-state index contributed by atoms with van der Waals surface area (Å²) in [5.41, 5.74) is 4.19. The highest BCUT2D eigenvalue weighted by Crippen LogP contribution is 2.30. The normalized spacial score (nSPS) is 13.1. The number of carbonyl (C=O) groups excluding carboxylic acids is 1. The molecule has 0 atom stereocenters. The van der Waals surface area contributed by atoms with Gasteiger partial charge in [-0.3, -0.25) is 4.79 Å². The Bertz CT molecular complexity index is 1170. The van der Waals surface area contributed by atoms with Gasteiger partial charge in [0.05, 0.1) is 11.3 Å². The van der Waals surface area contributed by atoms with Crippen LogP contribution in [-0.4, -0.2) is 26.5 Å². The van der Waals surface area contributed by atoms with Crippen LogP contribution in [0.15, 0.2) is 48.7 Å². The SMILES string of the molecule is Cc1ncc2c(n1)CCN(c1cc(C(=O)Cc3cccc(C(F)(F)F)c3)ccc1C)C2.O=S. The molecule has 172 valence electrons. The van der Waals surface area contributed by atoms with E-state index >= 15 is 0 Å². The third-order valence-corrected chi connectivity index (χ3v) is 5.55. The topological polar surface area (TPSA) is 63.2 Å². The van der Waals surface area contributed by atoms with E-state index < -0.39 is 11.7 Å². The van der Waals surface area contributed by atoms with E-state index in [9.17, 15) is 18.0 Å². The second kappa shape index (κ2) is 10.2. The van der Waals surface area contributed by atoms with Gasteiger partial charge in [0.2, 0.25) is 0 Å². The van der Waals surface area contributed by atoms with Crippen molar-refractivity contribution in [2.75, 3.05) is 11.4 Å². The van der Waals surface area contributed by atoms with Crippen LogP contribution in [0.3, 0.4) is 0 Å². The predicted octanol–water partition coefficient (Wildman–Crippen LogP) is 4.76. The maximum absolute atomic E-state index is 13.0. The first-order chi connectivity index (χ1) is 15.7. The lowest BCUT2D eigenvalue weighted by Gasteiger charge is -2.31. The number of halogens is 3. The first-order valence-electron chi connectivity index (χ1n) is 10.2. The number of benzene rings is 2. The van der Waals surface area contributed by atoms with Gasteiger partial charge in [-0.15, -0.1) is 0 Å². The molecule has 0 aliphatic carbocycles. The van der Waals surface area contributed by atoms with E-state index in [0.29, 0.717) is 17.7 Å². The van der Waals surface area contributed by atoms with Crippen molar-refractivity contribution in [3.8, 4) is 0 Å². The molecule has 5 nitrogen and oxygen atoms in total. The van der Waals surface area contributed by atoms with Crippen LogP contribution in [0.1, 0.15) is 44.1 Å². The molecule has 0 saturated heterocycles. The molecule has 1 aliphatic rings. The van der Waals surface area contributed by atoms with Crippen molar-refractivity contribution in [1.29, 1.82) is 0 Å². The van der Waals surface area contributed by atoms with Gasteiger partial charge >= 0.3 is 6.18 Å². The molecule has 4 rings (SSSR count). The summed E-state index contributed by atoms with van der Waals surface area (Å²) in [6.45, 7) is 5.28. The van der Waals surface area contributed by atoms with Crippen LogP contribution in [0.5, 0.6) is 0 Å². The summed E-state index contributed by atoms with van der Waals surface area (Å²) < 4.78 is 46.7. The third kappa shape index (κ3) is 5.78. The summed E-state index contributed by atoms with van der Waals surface area (Å²) in [7, 11) is 0. The Morgan fingerprint density at radius 3 is 2.61 bits per heavy atom. The maximum Gasteiger partial charge on any atom is 0.416 e. The number of hydrogen-bond acceptors (Lipinski definition) is 6. The first-order valence-corrected chi connectivity index (χ1v) is 10.6. The minimum absolute atomic E-state index is 0.0810. The van der Waals surface area contributed by atoms with Crippen LogP contribution in [0.2, 0.25) is 0 Å². The van der Waals surface area contributed by atoms with Crippen molar-refractivity contribution in [3.63, 3.8) is 0 Å². The summed E-state index contributed by atoms with van der Waals surface area (Å²) in [6, 6.07) is 10.4. The lowest BCUT2D eigenvalue weighted by molar-refractivity contribution is -0.137. The van der Waals surface area contributed by atoms with Gasteiger partial charge in [-0.2, -0.15) is 17.4 Å². The van der Waals surface area contributed by atoms with Gasteiger partial charge in [0, 0.05) is 48.9 Å². The number of anilines is 1. The molecule has 0 bridgehead atoms. The molecule has 33 heavy (non-hydrogen) atoms. The van der Waals surface area contributed by atoms with E-state index in [4.69, 9.17) is 4.21 Å². The number of carbonyl (C=O) groups is 1. The highest BCUT2D eigenvalue weighted by molar-refractivity contribution is 7.44. The van der Waals surface area contributed by atoms with Gasteiger partial charge in [-0.05, 0) is 37.1 Å². The molecule has 1 aliphatic heterocycles. The van der Waals surface area contributed by atoms with E-state index in [1.54, 1.807) is 12.1 Å². The van der Waals surface area contributed by atoms with Crippen LogP contribution in [0.25, 0.3) is 0 Å². The number of fused-ring (bicyclic) bond motifs is 1. The molecule has 0 N–H and O–H groups in total. The molecule has 9 heteroatoms. The molecule has 0 unspecified atom stereocenters. The second-order valence-corrected chi connectivity index (χ2v) is 7.86. The van der Waals surface area contributed by atoms with Crippen molar-refractivity contribution in [2.24, 2.45) is 0 Å². The number of alkyl halides is 3. The summed E-state index contributed by atoms with van der Waals surface area (Å²) in [6.07, 6.45) is -1.87. The van der Waals surface area contributed by atoms with Gasteiger partial charge in [0.15, 0.2) is 18.3 Å². The van der Waals surface area contributed by atoms with E-state index in [-0.39, 0.29) is 12.2 Å². The summed E-state index contributed by atoms with van der Waals surface area (Å²) >= 11 is 2.83. The fourth-order valence-corrected chi connectivity index (χ4v) is 3.89. The van der Waals surface area contributed by atoms with Gasteiger partial charge in [-0.25, -0.2) is 9.97 Å². The van der Waals surface area contributed by atoms with E-state index in [2.05, 4.69) is 27.4 Å². The quantitative estimate of drug-likeness (QED) is 0.509. The van der Waals surface area contributed by atoms with Gasteiger partial charge in [-0.1, -0.05) is 30.3 Å². The highest BCUT2D eigenvalue weighted by atomic mass is 32.1. The van der Waals surface area contributed by atoms with Crippen molar-refractivity contribution >= 4 is 24.0 Å². The molecule has 2 aromatic carbocycles. The zero-order valence-corrected chi connectivity index (χ0v) is 19.0. The molecule has 0 saturated carbocycles. The summed E-state index contributed by atoms with van der Waals surface area (Å²) in [4.78, 5) is 23.8. The fourth-order valence-electron chi connectivity index (χ4n) is 3.89. The number of ketones is 1. The number of aromatic nitrogens is 2. The predicted molar refractivity (Wildman–Crippen MR) is 120 cm³/mol. The van der Waals surface area contributed by atoms with Crippen LogP contribution >= 0.6 is 0 Å². The molecule has 0 fully saturated rings. The lowest BCUT2D eigenvalue weighted by Crippen LogP contribution is -2.32. The lowest BCUT2D eigenvalue weighted by atomic mass is 9.98. The fraction of sp³-hybridized carbons (Fsp3) is 0.292. The molecule has 0 amide bonds.